The molecule has 0 spiro atoms. The highest BCUT2D eigenvalue weighted by Crippen LogP contribution is 2.10. The van der Waals surface area contributed by atoms with Crippen LogP contribution in [0, 0.1) is 11.8 Å². The second-order valence-corrected chi connectivity index (χ2v) is 4.24. The molecule has 1 heterocycles. The van der Waals surface area contributed by atoms with E-state index in [0.717, 1.165) is 12.3 Å². The van der Waals surface area contributed by atoms with E-state index in [4.69, 9.17) is 5.11 Å². The average molecular weight is 253 g/mol. The molecule has 6 heteroatoms. The van der Waals surface area contributed by atoms with E-state index in [9.17, 15) is 14.4 Å². The molecule has 0 bridgehead atoms. The lowest BCUT2D eigenvalue weighted by molar-refractivity contribution is -0.142. The van der Waals surface area contributed by atoms with E-state index in [1.165, 1.54) is 6.07 Å². The van der Waals surface area contributed by atoms with Crippen LogP contribution >= 0.6 is 0 Å². The van der Waals surface area contributed by atoms with Crippen molar-refractivity contribution in [3.8, 4) is 0 Å². The molecule has 0 aliphatic heterocycles. The predicted octanol–water partition coefficient (Wildman–Crippen LogP) is 0.726. The van der Waals surface area contributed by atoms with E-state index in [-0.39, 0.29) is 18.0 Å². The van der Waals surface area contributed by atoms with Gasteiger partial charge in [-0.05, 0) is 12.0 Å². The van der Waals surface area contributed by atoms with Crippen LogP contribution < -0.4 is 10.9 Å². The first-order valence-electron chi connectivity index (χ1n) is 5.51. The molecule has 1 rings (SSSR count). The van der Waals surface area contributed by atoms with Crippen LogP contribution in [0.25, 0.3) is 0 Å². The number of hydrogen-bond acceptors (Lipinski definition) is 4. The molecule has 1 aromatic rings. The van der Waals surface area contributed by atoms with Gasteiger partial charge >= 0.3 is 11.6 Å². The quantitative estimate of drug-likeness (QED) is 0.806. The zero-order valence-electron chi connectivity index (χ0n) is 10.2. The van der Waals surface area contributed by atoms with Crippen molar-refractivity contribution in [2.45, 2.75) is 13.8 Å². The Morgan fingerprint density at radius 3 is 2.50 bits per heavy atom. The molecule has 1 atom stereocenters. The summed E-state index contributed by atoms with van der Waals surface area (Å²) in [7, 11) is 0. The largest absolute Gasteiger partial charge is 0.481 e. The molecule has 6 nitrogen and oxygen atoms in total. The highest BCUT2D eigenvalue weighted by atomic mass is 16.4. The van der Waals surface area contributed by atoms with Crippen molar-refractivity contribution >= 4 is 11.9 Å². The van der Waals surface area contributed by atoms with Gasteiger partial charge in [-0.15, -0.1) is 0 Å². The van der Waals surface area contributed by atoms with Crippen molar-refractivity contribution in [3.63, 3.8) is 0 Å². The molecule has 1 aromatic heterocycles. The Hall–Kier alpha value is -2.11. The van der Waals surface area contributed by atoms with Crippen molar-refractivity contribution in [3.05, 3.63) is 34.4 Å². The summed E-state index contributed by atoms with van der Waals surface area (Å²) < 4.78 is 4.55. The summed E-state index contributed by atoms with van der Waals surface area (Å²) in [5.74, 6) is -2.16. The van der Waals surface area contributed by atoms with Crippen molar-refractivity contribution < 1.29 is 19.1 Å². The van der Waals surface area contributed by atoms with E-state index in [2.05, 4.69) is 9.73 Å². The minimum atomic E-state index is -0.954. The molecule has 2 N–H and O–H groups in total. The van der Waals surface area contributed by atoms with Crippen LogP contribution in [0.5, 0.6) is 0 Å². The van der Waals surface area contributed by atoms with Crippen molar-refractivity contribution in [2.24, 2.45) is 11.8 Å². The van der Waals surface area contributed by atoms with Gasteiger partial charge in [0.1, 0.15) is 6.26 Å². The van der Waals surface area contributed by atoms with Crippen LogP contribution in [-0.4, -0.2) is 23.5 Å². The number of amides is 1. The lowest BCUT2D eigenvalue weighted by Crippen LogP contribution is -2.35. The van der Waals surface area contributed by atoms with Crippen LogP contribution in [0.4, 0.5) is 0 Å². The standard InChI is InChI=1S/C12H15NO5/c1-7(2)9(12(16)17)5-13-11(15)8-3-4-10(14)18-6-8/h3-4,6-7,9H,5H2,1-2H3,(H,13,15)(H,16,17). The molecule has 0 saturated carbocycles. The molecular formula is C12H15NO5. The zero-order valence-corrected chi connectivity index (χ0v) is 10.2. The number of carbonyl (C=O) groups excluding carboxylic acids is 1. The SMILES string of the molecule is CC(C)C(CNC(=O)c1ccc(=O)oc1)C(=O)O. The van der Waals surface area contributed by atoms with Crippen molar-refractivity contribution in [2.75, 3.05) is 6.54 Å². The summed E-state index contributed by atoms with van der Waals surface area (Å²) in [5.41, 5.74) is -0.361. The number of rotatable bonds is 5. The van der Waals surface area contributed by atoms with Crippen LogP contribution in [-0.2, 0) is 4.79 Å². The predicted molar refractivity (Wildman–Crippen MR) is 63.3 cm³/mol. The lowest BCUT2D eigenvalue weighted by Gasteiger charge is -2.16. The number of nitrogens with one attached hydrogen (secondary N) is 1. The van der Waals surface area contributed by atoms with Gasteiger partial charge < -0.3 is 14.8 Å². The fourth-order valence-corrected chi connectivity index (χ4v) is 1.40. The minimum absolute atomic E-state index is 0.0327. The van der Waals surface area contributed by atoms with Crippen molar-refractivity contribution in [1.82, 2.24) is 5.32 Å². The molecule has 0 fully saturated rings. The van der Waals surface area contributed by atoms with Crippen LogP contribution in [0.3, 0.4) is 0 Å². The average Bonchev–Trinajstić information content (AvgIpc) is 2.28. The summed E-state index contributed by atoms with van der Waals surface area (Å²) in [4.78, 5) is 33.3. The first-order chi connectivity index (χ1) is 8.41. The third kappa shape index (κ3) is 3.73. The molecule has 98 valence electrons. The van der Waals surface area contributed by atoms with Crippen molar-refractivity contribution in [1.29, 1.82) is 0 Å². The number of carboxylic acids is 1. The molecule has 0 aliphatic carbocycles. The molecule has 1 unspecified atom stereocenters. The third-order valence-electron chi connectivity index (χ3n) is 2.57. The molecule has 0 saturated heterocycles. The fourth-order valence-electron chi connectivity index (χ4n) is 1.40. The fraction of sp³-hybridized carbons (Fsp3) is 0.417. The summed E-state index contributed by atoms with van der Waals surface area (Å²) in [5, 5.41) is 11.5. The zero-order chi connectivity index (χ0) is 13.7. The van der Waals surface area contributed by atoms with E-state index in [0.29, 0.717) is 0 Å². The van der Waals surface area contributed by atoms with Gasteiger partial charge in [-0.2, -0.15) is 0 Å². The number of hydrogen-bond donors (Lipinski definition) is 2. The maximum atomic E-state index is 11.6. The molecule has 0 aliphatic rings. The molecule has 0 aromatic carbocycles. The smallest absolute Gasteiger partial charge is 0.335 e. The molecule has 18 heavy (non-hydrogen) atoms. The van der Waals surface area contributed by atoms with Gasteiger partial charge in [-0.3, -0.25) is 9.59 Å². The molecule has 1 amide bonds. The van der Waals surface area contributed by atoms with E-state index in [1.54, 1.807) is 13.8 Å². The number of aliphatic carboxylic acids is 1. The summed E-state index contributed by atoms with van der Waals surface area (Å²) in [6.45, 7) is 3.57. The monoisotopic (exact) mass is 253 g/mol. The summed E-state index contributed by atoms with van der Waals surface area (Å²) in [6, 6.07) is 2.46. The van der Waals surface area contributed by atoms with E-state index in [1.807, 2.05) is 0 Å². The van der Waals surface area contributed by atoms with Gasteiger partial charge in [0.15, 0.2) is 0 Å². The Balaban J connectivity index is 2.63. The summed E-state index contributed by atoms with van der Waals surface area (Å²) >= 11 is 0. The van der Waals surface area contributed by atoms with Gasteiger partial charge in [0.25, 0.3) is 5.91 Å². The maximum absolute atomic E-state index is 11.6. The van der Waals surface area contributed by atoms with E-state index < -0.39 is 23.4 Å². The lowest BCUT2D eigenvalue weighted by atomic mass is 9.96. The van der Waals surface area contributed by atoms with Gasteiger partial charge in [-0.1, -0.05) is 13.8 Å². The number of carboxylic acid groups (broad SMARTS) is 1. The topological polar surface area (TPSA) is 96.6 Å². The maximum Gasteiger partial charge on any atom is 0.335 e. The van der Waals surface area contributed by atoms with Crippen LogP contribution in [0.15, 0.2) is 27.6 Å². The second kappa shape index (κ2) is 6.00. The molecular weight excluding hydrogens is 238 g/mol. The highest BCUT2D eigenvalue weighted by molar-refractivity contribution is 5.93. The normalized spacial score (nSPS) is 12.2. The first-order valence-corrected chi connectivity index (χ1v) is 5.51. The third-order valence-corrected chi connectivity index (χ3v) is 2.57. The Labute approximate surface area is 104 Å². The van der Waals surface area contributed by atoms with Crippen LogP contribution in [0.2, 0.25) is 0 Å². The molecule has 0 radical (unpaired) electrons. The first kappa shape index (κ1) is 14.0. The Bertz CT molecular complexity index is 471. The van der Waals surface area contributed by atoms with E-state index >= 15 is 0 Å². The van der Waals surface area contributed by atoms with Gasteiger partial charge in [-0.25, -0.2) is 4.79 Å². The van der Waals surface area contributed by atoms with Gasteiger partial charge in [0.05, 0.1) is 11.5 Å². The highest BCUT2D eigenvalue weighted by Gasteiger charge is 2.22. The Morgan fingerprint density at radius 1 is 1.39 bits per heavy atom. The summed E-state index contributed by atoms with van der Waals surface area (Å²) in [6.07, 6.45) is 1.04. The van der Waals surface area contributed by atoms with Gasteiger partial charge in [0, 0.05) is 12.6 Å². The van der Waals surface area contributed by atoms with Gasteiger partial charge in [0.2, 0.25) is 0 Å². The van der Waals surface area contributed by atoms with Crippen LogP contribution in [0.1, 0.15) is 24.2 Å². The Kier molecular flexibility index (Phi) is 4.65. The second-order valence-electron chi connectivity index (χ2n) is 4.24. The Morgan fingerprint density at radius 2 is 2.06 bits per heavy atom. The minimum Gasteiger partial charge on any atom is -0.481 e. The number of carbonyl (C=O) groups is 2.